The Morgan fingerprint density at radius 3 is 1.69 bits per heavy atom. The maximum Gasteiger partial charge on any atom is 0.202 e. The molecule has 4 unspecified atom stereocenters. The zero-order valence-electron chi connectivity index (χ0n) is 8.86. The monoisotopic (exact) mass is 348 g/mol. The number of rotatable bonds is 0. The molecule has 0 saturated heterocycles. The highest BCUT2D eigenvalue weighted by molar-refractivity contribution is 9.09. The molecule has 0 bridgehead atoms. The highest BCUT2D eigenvalue weighted by Gasteiger charge is 2.56. The van der Waals surface area contributed by atoms with E-state index < -0.39 is 0 Å². The van der Waals surface area contributed by atoms with Crippen molar-refractivity contribution >= 4 is 43.4 Å². The lowest BCUT2D eigenvalue weighted by molar-refractivity contribution is -0.137. The van der Waals surface area contributed by atoms with Gasteiger partial charge in [0.15, 0.2) is 0 Å². The van der Waals surface area contributed by atoms with Gasteiger partial charge in [-0.15, -0.1) is 0 Å². The second kappa shape index (κ2) is 3.91. The summed E-state index contributed by atoms with van der Waals surface area (Å²) in [6.45, 7) is 0. The fourth-order valence-corrected chi connectivity index (χ4v) is 5.76. The first-order valence-corrected chi connectivity index (χ1v) is 7.77. The maximum absolute atomic E-state index is 11.9. The Morgan fingerprint density at radius 1 is 0.812 bits per heavy atom. The molecule has 0 amide bonds. The van der Waals surface area contributed by atoms with Gasteiger partial charge in [0.1, 0.15) is 0 Å². The molecule has 3 aliphatic carbocycles. The van der Waals surface area contributed by atoms with Crippen LogP contribution in [0.3, 0.4) is 0 Å². The molecule has 16 heavy (non-hydrogen) atoms. The minimum atomic E-state index is -0.0780. The van der Waals surface area contributed by atoms with E-state index in [0.717, 1.165) is 25.7 Å². The van der Waals surface area contributed by atoms with Gasteiger partial charge in [0.25, 0.3) is 0 Å². The predicted octanol–water partition coefficient (Wildman–Crippen LogP) is 2.72. The third-order valence-corrected chi connectivity index (χ3v) is 6.02. The van der Waals surface area contributed by atoms with Crippen LogP contribution in [-0.4, -0.2) is 21.2 Å². The Morgan fingerprint density at radius 2 is 1.25 bits per heavy atom. The first-order chi connectivity index (χ1) is 7.58. The second-order valence-corrected chi connectivity index (χ2v) is 8.01. The summed E-state index contributed by atoms with van der Waals surface area (Å²) in [5, 5.41) is 0. The van der Waals surface area contributed by atoms with Crippen molar-refractivity contribution in [2.45, 2.75) is 35.3 Å². The fraction of sp³-hybridized carbons (Fsp3) is 0.833. The van der Waals surface area contributed by atoms with E-state index in [2.05, 4.69) is 31.9 Å². The van der Waals surface area contributed by atoms with E-state index in [1.165, 1.54) is 0 Å². The number of hydrogen-bond donors (Lipinski definition) is 0. The van der Waals surface area contributed by atoms with Crippen LogP contribution in [0.15, 0.2) is 0 Å². The van der Waals surface area contributed by atoms with Crippen LogP contribution in [0.1, 0.15) is 25.7 Å². The highest BCUT2D eigenvalue weighted by Crippen LogP contribution is 2.53. The molecule has 0 aromatic carbocycles. The van der Waals surface area contributed by atoms with Gasteiger partial charge in [0.2, 0.25) is 11.6 Å². The van der Waals surface area contributed by atoms with Crippen LogP contribution in [0, 0.1) is 23.7 Å². The van der Waals surface area contributed by atoms with E-state index >= 15 is 0 Å². The number of hydrogen-bond acceptors (Lipinski definition) is 2. The quantitative estimate of drug-likeness (QED) is 0.497. The Labute approximate surface area is 112 Å². The number of halogens is 2. The Balaban J connectivity index is 1.97. The fourth-order valence-electron chi connectivity index (χ4n) is 3.99. The lowest BCUT2D eigenvalue weighted by Gasteiger charge is -2.42. The molecular formula is C12H14Br2O2. The zero-order valence-corrected chi connectivity index (χ0v) is 12.0. The number of carbonyl (C=O) groups excluding carboxylic acids is 2. The number of ketones is 2. The molecule has 88 valence electrons. The topological polar surface area (TPSA) is 34.1 Å². The molecule has 0 N–H and O–H groups in total. The Kier molecular flexibility index (Phi) is 2.78. The Bertz CT molecular complexity index is 323. The average molecular weight is 350 g/mol. The van der Waals surface area contributed by atoms with Crippen molar-refractivity contribution in [3.8, 4) is 0 Å². The van der Waals surface area contributed by atoms with Crippen LogP contribution in [0.2, 0.25) is 0 Å². The summed E-state index contributed by atoms with van der Waals surface area (Å²) < 4.78 is 0. The summed E-state index contributed by atoms with van der Waals surface area (Å²) >= 11 is 7.28. The van der Waals surface area contributed by atoms with Crippen molar-refractivity contribution < 1.29 is 9.59 Å². The molecule has 3 rings (SSSR count). The maximum atomic E-state index is 11.9. The van der Waals surface area contributed by atoms with Gasteiger partial charge in [-0.25, -0.2) is 0 Å². The van der Waals surface area contributed by atoms with Crippen molar-refractivity contribution in [3.63, 3.8) is 0 Å². The first kappa shape index (κ1) is 11.4. The number of Topliss-reactive ketones (excluding diaryl/α,β-unsaturated/α-hetero) is 2. The summed E-state index contributed by atoms with van der Waals surface area (Å²) in [6.07, 6.45) is 3.99. The largest absolute Gasteiger partial charge is 0.291 e. The van der Waals surface area contributed by atoms with Crippen LogP contribution >= 0.6 is 31.9 Å². The second-order valence-electron chi connectivity index (χ2n) is 5.42. The third-order valence-electron chi connectivity index (χ3n) is 4.53. The predicted molar refractivity (Wildman–Crippen MR) is 67.9 cm³/mol. The van der Waals surface area contributed by atoms with E-state index in [1.807, 2.05) is 0 Å². The molecule has 0 aromatic rings. The number of alkyl halides is 2. The van der Waals surface area contributed by atoms with Gasteiger partial charge in [0.05, 0.1) is 0 Å². The molecule has 0 aliphatic heterocycles. The van der Waals surface area contributed by atoms with Crippen molar-refractivity contribution in [1.29, 1.82) is 0 Å². The van der Waals surface area contributed by atoms with Crippen molar-refractivity contribution in [1.82, 2.24) is 0 Å². The van der Waals surface area contributed by atoms with Gasteiger partial charge < -0.3 is 0 Å². The van der Waals surface area contributed by atoms with Crippen molar-refractivity contribution in [3.05, 3.63) is 0 Å². The van der Waals surface area contributed by atoms with E-state index in [9.17, 15) is 9.59 Å². The SMILES string of the molecule is O=C1C(=O)C2CC(Br)CC3CC(Br)CC1C32. The molecule has 0 spiro atoms. The van der Waals surface area contributed by atoms with Gasteiger partial charge in [-0.3, -0.25) is 9.59 Å². The average Bonchev–Trinajstić information content (AvgIpc) is 2.44. The third kappa shape index (κ3) is 1.56. The lowest BCUT2D eigenvalue weighted by Crippen LogP contribution is -2.40. The van der Waals surface area contributed by atoms with Crippen LogP contribution in [0.25, 0.3) is 0 Å². The van der Waals surface area contributed by atoms with Gasteiger partial charge in [-0.1, -0.05) is 31.9 Å². The lowest BCUT2D eigenvalue weighted by atomic mass is 9.65. The van der Waals surface area contributed by atoms with Gasteiger partial charge in [0, 0.05) is 21.5 Å². The van der Waals surface area contributed by atoms with Gasteiger partial charge in [-0.05, 0) is 37.5 Å². The van der Waals surface area contributed by atoms with Crippen LogP contribution < -0.4 is 0 Å². The molecule has 3 saturated carbocycles. The van der Waals surface area contributed by atoms with Gasteiger partial charge in [-0.2, -0.15) is 0 Å². The van der Waals surface area contributed by atoms with E-state index in [0.29, 0.717) is 21.5 Å². The van der Waals surface area contributed by atoms with Crippen molar-refractivity contribution in [2.75, 3.05) is 0 Å². The molecule has 2 nitrogen and oxygen atoms in total. The molecule has 0 radical (unpaired) electrons. The molecule has 3 aliphatic rings. The summed E-state index contributed by atoms with van der Waals surface area (Å²) in [5.74, 6) is 0.821. The van der Waals surface area contributed by atoms with E-state index in [4.69, 9.17) is 0 Å². The minimum absolute atomic E-state index is 0.0284. The molecule has 4 atom stereocenters. The van der Waals surface area contributed by atoms with Gasteiger partial charge >= 0.3 is 0 Å². The number of carbonyl (C=O) groups is 2. The highest BCUT2D eigenvalue weighted by atomic mass is 79.9. The molecule has 3 fully saturated rings. The van der Waals surface area contributed by atoms with Crippen LogP contribution in [0.5, 0.6) is 0 Å². The molecule has 0 aromatic heterocycles. The van der Waals surface area contributed by atoms with E-state index in [-0.39, 0.29) is 23.4 Å². The van der Waals surface area contributed by atoms with Crippen LogP contribution in [-0.2, 0) is 9.59 Å². The van der Waals surface area contributed by atoms with E-state index in [1.54, 1.807) is 0 Å². The molecule has 4 heteroatoms. The standard InChI is InChI=1S/C12H14Br2O2/c13-6-1-5-2-7(14)4-9-10(5)8(3-6)11(15)12(9)16/h5-10H,1-4H2. The zero-order chi connectivity index (χ0) is 11.4. The minimum Gasteiger partial charge on any atom is -0.291 e. The smallest absolute Gasteiger partial charge is 0.202 e. The molecular weight excluding hydrogens is 336 g/mol. The first-order valence-electron chi connectivity index (χ1n) is 5.94. The summed E-state index contributed by atoms with van der Waals surface area (Å²) in [7, 11) is 0. The summed E-state index contributed by atoms with van der Waals surface area (Å²) in [6, 6.07) is 0. The Hall–Kier alpha value is 0.300. The van der Waals surface area contributed by atoms with Crippen LogP contribution in [0.4, 0.5) is 0 Å². The molecule has 0 heterocycles. The van der Waals surface area contributed by atoms with Crippen molar-refractivity contribution in [2.24, 2.45) is 23.7 Å². The normalized spacial score (nSPS) is 51.6. The summed E-state index contributed by atoms with van der Waals surface area (Å²) in [4.78, 5) is 24.7. The summed E-state index contributed by atoms with van der Waals surface area (Å²) in [5.41, 5.74) is 0.